The molecule has 8 atom stereocenters. The van der Waals surface area contributed by atoms with Gasteiger partial charge in [-0.1, -0.05) is 173 Å². The van der Waals surface area contributed by atoms with Crippen LogP contribution in [-0.4, -0.2) is 107 Å². The third-order valence-corrected chi connectivity index (χ3v) is 11.5. The second kappa shape index (κ2) is 36.1. The predicted molar refractivity (Wildman–Crippen MR) is 233 cm³/mol. The molecule has 1 aliphatic rings. The summed E-state index contributed by atoms with van der Waals surface area (Å²) in [5.74, 6) is -0.708. The highest BCUT2D eigenvalue weighted by Crippen LogP contribution is 2.26. The van der Waals surface area contributed by atoms with Crippen molar-refractivity contribution >= 4 is 16.3 Å². The van der Waals surface area contributed by atoms with Gasteiger partial charge in [-0.15, -0.1) is 0 Å². The molecule has 1 saturated heterocycles. The Morgan fingerprint density at radius 2 is 1.12 bits per heavy atom. The van der Waals surface area contributed by atoms with Crippen molar-refractivity contribution in [3.05, 3.63) is 24.3 Å². The number of carbonyl (C=O) groups excluding carboxylic acids is 1. The Morgan fingerprint density at radius 1 is 0.678 bits per heavy atom. The molecule has 0 aromatic rings. The number of allylic oxidation sites excluding steroid dienone is 3. The van der Waals surface area contributed by atoms with Crippen LogP contribution in [0.1, 0.15) is 194 Å². The van der Waals surface area contributed by atoms with Crippen LogP contribution in [0.3, 0.4) is 0 Å². The molecule has 348 valence electrons. The molecule has 0 spiro atoms. The van der Waals surface area contributed by atoms with Gasteiger partial charge in [-0.3, -0.25) is 9.35 Å². The van der Waals surface area contributed by atoms with Crippen LogP contribution in [0.15, 0.2) is 24.3 Å². The Morgan fingerprint density at radius 3 is 1.58 bits per heavy atom. The van der Waals surface area contributed by atoms with E-state index < -0.39 is 78.5 Å². The van der Waals surface area contributed by atoms with Crippen molar-refractivity contribution < 1.29 is 57.0 Å². The summed E-state index contributed by atoms with van der Waals surface area (Å²) in [7, 11) is -5.12. The third-order valence-electron chi connectivity index (χ3n) is 11.1. The van der Waals surface area contributed by atoms with Crippen molar-refractivity contribution in [2.24, 2.45) is 0 Å². The van der Waals surface area contributed by atoms with Crippen molar-refractivity contribution in [1.29, 1.82) is 0 Å². The third kappa shape index (κ3) is 28.7. The predicted octanol–water partition coefficient (Wildman–Crippen LogP) is 7.91. The van der Waals surface area contributed by atoms with Crippen molar-refractivity contribution in [1.82, 2.24) is 5.32 Å². The fourth-order valence-electron chi connectivity index (χ4n) is 7.34. The van der Waals surface area contributed by atoms with E-state index in [1.54, 1.807) is 0 Å². The summed E-state index contributed by atoms with van der Waals surface area (Å²) in [4.78, 5) is 13.1. The summed E-state index contributed by atoms with van der Waals surface area (Å²) in [6.07, 6.45) is 28.3. The van der Waals surface area contributed by atoms with Crippen LogP contribution in [-0.2, 0) is 28.9 Å². The van der Waals surface area contributed by atoms with E-state index in [-0.39, 0.29) is 6.42 Å². The molecule has 1 heterocycles. The van der Waals surface area contributed by atoms with Crippen LogP contribution in [0.5, 0.6) is 0 Å². The largest absolute Gasteiger partial charge is 0.397 e. The molecule has 0 aromatic heterocycles. The molecule has 8 unspecified atom stereocenters. The summed E-state index contributed by atoms with van der Waals surface area (Å²) in [6, 6.07) is -1.12. The first-order chi connectivity index (χ1) is 28.4. The first kappa shape index (κ1) is 55.6. The van der Waals surface area contributed by atoms with E-state index in [1.807, 2.05) is 6.08 Å². The molecule has 0 aromatic carbocycles. The number of ether oxygens (including phenoxy) is 2. The number of nitrogens with one attached hydrogen (secondary N) is 1. The zero-order valence-corrected chi connectivity index (χ0v) is 37.5. The van der Waals surface area contributed by atoms with Gasteiger partial charge in [0.1, 0.15) is 30.5 Å². The van der Waals surface area contributed by atoms with E-state index in [4.69, 9.17) is 9.47 Å². The summed E-state index contributed by atoms with van der Waals surface area (Å²) < 4.78 is 47.5. The van der Waals surface area contributed by atoms with E-state index >= 15 is 0 Å². The first-order valence-corrected chi connectivity index (χ1v) is 24.7. The number of aliphatic hydroxyl groups excluding tert-OH is 5. The van der Waals surface area contributed by atoms with Crippen LogP contribution < -0.4 is 5.32 Å². The average Bonchev–Trinajstić information content (AvgIpc) is 3.20. The summed E-state index contributed by atoms with van der Waals surface area (Å²) >= 11 is 0. The van der Waals surface area contributed by atoms with Crippen LogP contribution in [0, 0.1) is 0 Å². The number of aliphatic hydroxyl groups is 5. The van der Waals surface area contributed by atoms with Crippen molar-refractivity contribution in [2.45, 2.75) is 243 Å². The average molecular weight is 864 g/mol. The lowest BCUT2D eigenvalue weighted by Crippen LogP contribution is -2.61. The molecule has 0 aliphatic carbocycles. The van der Waals surface area contributed by atoms with Gasteiger partial charge in [0.25, 0.3) is 0 Å². The van der Waals surface area contributed by atoms with Gasteiger partial charge in [0.05, 0.1) is 25.4 Å². The number of hydrogen-bond donors (Lipinski definition) is 7. The Kier molecular flexibility index (Phi) is 34.0. The van der Waals surface area contributed by atoms with Crippen LogP contribution >= 0.6 is 0 Å². The molecule has 7 N–H and O–H groups in total. The highest BCUT2D eigenvalue weighted by molar-refractivity contribution is 7.80. The molecule has 0 saturated carbocycles. The zero-order valence-electron chi connectivity index (χ0n) is 36.7. The molecule has 0 bridgehead atoms. The second-order valence-corrected chi connectivity index (χ2v) is 17.5. The van der Waals surface area contributed by atoms with Gasteiger partial charge in [0.15, 0.2) is 6.29 Å². The minimum Gasteiger partial charge on any atom is -0.394 e. The maximum Gasteiger partial charge on any atom is 0.397 e. The van der Waals surface area contributed by atoms with Crippen LogP contribution in [0.2, 0.25) is 0 Å². The van der Waals surface area contributed by atoms with Crippen molar-refractivity contribution in [3.63, 3.8) is 0 Å². The lowest BCUT2D eigenvalue weighted by molar-refractivity contribution is -0.298. The zero-order chi connectivity index (χ0) is 43.6. The molecule has 1 amide bonds. The summed E-state index contributed by atoms with van der Waals surface area (Å²) in [5, 5.41) is 55.1. The smallest absolute Gasteiger partial charge is 0.394 e. The Hall–Kier alpha value is -1.46. The number of carbonyl (C=O) groups is 1. The highest BCUT2D eigenvalue weighted by Gasteiger charge is 2.48. The normalized spacial score (nSPS) is 21.7. The lowest BCUT2D eigenvalue weighted by atomic mass is 9.99. The van der Waals surface area contributed by atoms with E-state index in [9.17, 15) is 43.3 Å². The molecular formula is C45H85NO12S. The van der Waals surface area contributed by atoms with Crippen molar-refractivity contribution in [2.75, 3.05) is 13.2 Å². The maximum atomic E-state index is 13.1. The monoisotopic (exact) mass is 864 g/mol. The quantitative estimate of drug-likeness (QED) is 0.0179. The Labute approximate surface area is 357 Å². The van der Waals surface area contributed by atoms with Gasteiger partial charge < -0.3 is 40.3 Å². The number of hydrogen-bond acceptors (Lipinski definition) is 11. The second-order valence-electron chi connectivity index (χ2n) is 16.5. The first-order valence-electron chi connectivity index (χ1n) is 23.3. The summed E-state index contributed by atoms with van der Waals surface area (Å²) in [6.45, 7) is 3.20. The van der Waals surface area contributed by atoms with E-state index in [2.05, 4.69) is 35.5 Å². The topological polar surface area (TPSA) is 212 Å². The fraction of sp³-hybridized carbons (Fsp3) is 0.889. The number of amides is 1. The molecule has 1 fully saturated rings. The molecule has 1 rings (SSSR count). The highest BCUT2D eigenvalue weighted by atomic mass is 32.3. The molecule has 14 heteroatoms. The SMILES string of the molecule is CCCCCCCCCC/C=C\CCCCCCCCC(O)C(=O)NC(COC1OC(CO)C(O)C(OS(=O)(=O)O)C1O)C(O)/C=C/CCCCCCCCCCCC. The minimum absolute atomic E-state index is 0.237. The van der Waals surface area contributed by atoms with Gasteiger partial charge >= 0.3 is 10.4 Å². The molecule has 59 heavy (non-hydrogen) atoms. The molecular weight excluding hydrogens is 779 g/mol. The van der Waals surface area contributed by atoms with Gasteiger partial charge in [0.2, 0.25) is 5.91 Å². The van der Waals surface area contributed by atoms with Gasteiger partial charge in [0, 0.05) is 0 Å². The number of unbranched alkanes of at least 4 members (excludes halogenated alkanes) is 24. The fourth-order valence-corrected chi connectivity index (χ4v) is 7.85. The van der Waals surface area contributed by atoms with Gasteiger partial charge in [-0.05, 0) is 44.9 Å². The Balaban J connectivity index is 2.56. The maximum absolute atomic E-state index is 13.1. The standard InChI is InChI=1S/C45H85NO12S/c1-3-5-7-9-11-13-15-17-18-19-20-21-22-24-26-28-30-32-34-39(49)44(52)46-37(38(48)33-31-29-27-25-23-16-14-12-10-8-6-4-2)36-56-45-42(51)43(58-59(53,54)55)41(50)40(35-47)57-45/h19-20,31,33,37-43,45,47-51H,3-18,21-30,32,34-36H2,1-2H3,(H,46,52)(H,53,54,55)/b20-19-,33-31+. The molecule has 0 radical (unpaired) electrons. The molecule has 13 nitrogen and oxygen atoms in total. The van der Waals surface area contributed by atoms with Gasteiger partial charge in [-0.2, -0.15) is 8.42 Å². The van der Waals surface area contributed by atoms with Crippen LogP contribution in [0.25, 0.3) is 0 Å². The van der Waals surface area contributed by atoms with E-state index in [0.717, 1.165) is 64.2 Å². The molecule has 1 aliphatic heterocycles. The van der Waals surface area contributed by atoms with Crippen molar-refractivity contribution in [3.8, 4) is 0 Å². The number of rotatable bonds is 39. The lowest BCUT2D eigenvalue weighted by Gasteiger charge is -2.41. The minimum atomic E-state index is -5.12. The van der Waals surface area contributed by atoms with E-state index in [1.165, 1.54) is 102 Å². The van der Waals surface area contributed by atoms with E-state index in [0.29, 0.717) is 12.8 Å². The van der Waals surface area contributed by atoms with Gasteiger partial charge in [-0.25, -0.2) is 4.18 Å². The van der Waals surface area contributed by atoms with Crippen LogP contribution in [0.4, 0.5) is 0 Å². The summed E-state index contributed by atoms with van der Waals surface area (Å²) in [5.41, 5.74) is 0. The Bertz CT molecular complexity index is 1170.